The molecular formula is C14H21FN2. The third-order valence-corrected chi connectivity index (χ3v) is 3.40. The van der Waals surface area contributed by atoms with Gasteiger partial charge < -0.3 is 10.2 Å². The van der Waals surface area contributed by atoms with Crippen LogP contribution in [0.1, 0.15) is 18.9 Å². The second kappa shape index (κ2) is 6.12. The first-order valence-corrected chi connectivity index (χ1v) is 6.48. The summed E-state index contributed by atoms with van der Waals surface area (Å²) in [6.45, 7) is 6.61. The number of nitrogens with one attached hydrogen (secondary N) is 1. The first-order chi connectivity index (χ1) is 8.28. The van der Waals surface area contributed by atoms with Crippen LogP contribution in [0.2, 0.25) is 0 Å². The quantitative estimate of drug-likeness (QED) is 0.841. The Morgan fingerprint density at radius 1 is 1.35 bits per heavy atom. The Hall–Kier alpha value is -0.930. The Kier molecular flexibility index (Phi) is 4.51. The maximum absolute atomic E-state index is 12.7. The third kappa shape index (κ3) is 3.79. The predicted octanol–water partition coefficient (Wildman–Crippen LogP) is 2.05. The van der Waals surface area contributed by atoms with Crippen molar-refractivity contribution in [3.63, 3.8) is 0 Å². The van der Waals surface area contributed by atoms with Crippen molar-refractivity contribution in [2.24, 2.45) is 0 Å². The molecule has 0 amide bonds. The van der Waals surface area contributed by atoms with Gasteiger partial charge in [0.1, 0.15) is 5.82 Å². The lowest BCUT2D eigenvalue weighted by atomic mass is 10.1. The summed E-state index contributed by atoms with van der Waals surface area (Å²) in [4.78, 5) is 2.48. The van der Waals surface area contributed by atoms with Crippen LogP contribution >= 0.6 is 0 Å². The summed E-state index contributed by atoms with van der Waals surface area (Å²) in [5, 5.41) is 3.49. The normalized spacial score (nSPS) is 20.9. The van der Waals surface area contributed by atoms with Crippen LogP contribution < -0.4 is 5.32 Å². The van der Waals surface area contributed by atoms with Gasteiger partial charge in [0.15, 0.2) is 0 Å². The van der Waals surface area contributed by atoms with Crippen molar-refractivity contribution in [2.75, 3.05) is 26.2 Å². The van der Waals surface area contributed by atoms with Gasteiger partial charge in [-0.05, 0) is 43.6 Å². The molecule has 1 saturated heterocycles. The Balaban J connectivity index is 1.74. The lowest BCUT2D eigenvalue weighted by Gasteiger charge is -2.16. The topological polar surface area (TPSA) is 15.3 Å². The Morgan fingerprint density at radius 2 is 2.12 bits per heavy atom. The van der Waals surface area contributed by atoms with Gasteiger partial charge in [0.2, 0.25) is 0 Å². The molecule has 1 heterocycles. The number of likely N-dealkylation sites (tertiary alicyclic amines) is 1. The molecule has 0 aromatic heterocycles. The number of benzene rings is 1. The van der Waals surface area contributed by atoms with Gasteiger partial charge in [-0.2, -0.15) is 0 Å². The average Bonchev–Trinajstić information content (AvgIpc) is 2.77. The van der Waals surface area contributed by atoms with Gasteiger partial charge in [0, 0.05) is 19.1 Å². The molecule has 1 aliphatic rings. The summed E-state index contributed by atoms with van der Waals surface area (Å²) in [6.07, 6.45) is 2.26. The zero-order chi connectivity index (χ0) is 12.1. The minimum Gasteiger partial charge on any atom is -0.313 e. The van der Waals surface area contributed by atoms with E-state index in [2.05, 4.69) is 17.1 Å². The maximum Gasteiger partial charge on any atom is 0.123 e. The summed E-state index contributed by atoms with van der Waals surface area (Å²) < 4.78 is 12.7. The molecule has 1 unspecified atom stereocenters. The first kappa shape index (κ1) is 12.5. The first-order valence-electron chi connectivity index (χ1n) is 6.48. The average molecular weight is 236 g/mol. The minimum atomic E-state index is -0.151. The van der Waals surface area contributed by atoms with E-state index in [0.29, 0.717) is 6.04 Å². The zero-order valence-electron chi connectivity index (χ0n) is 10.5. The van der Waals surface area contributed by atoms with Gasteiger partial charge in [-0.25, -0.2) is 4.39 Å². The minimum absolute atomic E-state index is 0.151. The number of hydrogen-bond acceptors (Lipinski definition) is 2. The molecule has 94 valence electrons. The molecule has 1 aliphatic heterocycles. The van der Waals surface area contributed by atoms with Crippen molar-refractivity contribution in [2.45, 2.75) is 25.8 Å². The van der Waals surface area contributed by atoms with Crippen molar-refractivity contribution in [1.82, 2.24) is 10.2 Å². The van der Waals surface area contributed by atoms with Crippen LogP contribution in [0, 0.1) is 5.82 Å². The fraction of sp³-hybridized carbons (Fsp3) is 0.571. The number of hydrogen-bond donors (Lipinski definition) is 1. The molecule has 2 nitrogen and oxygen atoms in total. The molecule has 1 N–H and O–H groups in total. The van der Waals surface area contributed by atoms with Crippen LogP contribution in [0.5, 0.6) is 0 Å². The largest absolute Gasteiger partial charge is 0.313 e. The SMILES string of the molecule is CCNC1CCN(CCc2ccc(F)cc2)C1. The smallest absolute Gasteiger partial charge is 0.123 e. The highest BCUT2D eigenvalue weighted by Gasteiger charge is 2.20. The zero-order valence-corrected chi connectivity index (χ0v) is 10.5. The van der Waals surface area contributed by atoms with Gasteiger partial charge in [-0.1, -0.05) is 19.1 Å². The Morgan fingerprint density at radius 3 is 2.82 bits per heavy atom. The molecular weight excluding hydrogens is 215 g/mol. The Bertz CT molecular complexity index is 337. The number of nitrogens with zero attached hydrogens (tertiary/aromatic N) is 1. The number of rotatable bonds is 5. The maximum atomic E-state index is 12.7. The highest BCUT2D eigenvalue weighted by atomic mass is 19.1. The molecule has 0 spiro atoms. The molecule has 1 fully saturated rings. The molecule has 2 rings (SSSR count). The molecule has 0 radical (unpaired) electrons. The lowest BCUT2D eigenvalue weighted by Crippen LogP contribution is -2.32. The molecule has 1 atom stereocenters. The van der Waals surface area contributed by atoms with Crippen LogP contribution in [0.25, 0.3) is 0 Å². The van der Waals surface area contributed by atoms with Crippen LogP contribution in [0.15, 0.2) is 24.3 Å². The van der Waals surface area contributed by atoms with E-state index in [0.717, 1.165) is 26.1 Å². The highest BCUT2D eigenvalue weighted by Crippen LogP contribution is 2.11. The summed E-state index contributed by atoms with van der Waals surface area (Å²) in [5.41, 5.74) is 1.22. The third-order valence-electron chi connectivity index (χ3n) is 3.40. The van der Waals surface area contributed by atoms with Crippen LogP contribution in [0.4, 0.5) is 4.39 Å². The molecule has 17 heavy (non-hydrogen) atoms. The predicted molar refractivity (Wildman–Crippen MR) is 68.6 cm³/mol. The molecule has 0 bridgehead atoms. The van der Waals surface area contributed by atoms with E-state index >= 15 is 0 Å². The van der Waals surface area contributed by atoms with E-state index < -0.39 is 0 Å². The van der Waals surface area contributed by atoms with Gasteiger partial charge >= 0.3 is 0 Å². The van der Waals surface area contributed by atoms with Crippen LogP contribution in [-0.4, -0.2) is 37.1 Å². The summed E-state index contributed by atoms with van der Waals surface area (Å²) in [7, 11) is 0. The molecule has 0 aliphatic carbocycles. The van der Waals surface area contributed by atoms with Gasteiger partial charge in [-0.15, -0.1) is 0 Å². The molecule has 0 saturated carbocycles. The van der Waals surface area contributed by atoms with Crippen molar-refractivity contribution in [1.29, 1.82) is 0 Å². The van der Waals surface area contributed by atoms with E-state index in [1.807, 2.05) is 12.1 Å². The summed E-state index contributed by atoms with van der Waals surface area (Å²) >= 11 is 0. The van der Waals surface area contributed by atoms with Crippen molar-refractivity contribution < 1.29 is 4.39 Å². The van der Waals surface area contributed by atoms with E-state index in [1.54, 1.807) is 12.1 Å². The lowest BCUT2D eigenvalue weighted by molar-refractivity contribution is 0.332. The molecule has 3 heteroatoms. The van der Waals surface area contributed by atoms with E-state index in [1.165, 1.54) is 18.5 Å². The second-order valence-electron chi connectivity index (χ2n) is 4.72. The summed E-state index contributed by atoms with van der Waals surface area (Å²) in [6, 6.07) is 7.51. The standard InChI is InChI=1S/C14H21FN2/c1-2-16-14-8-10-17(11-14)9-7-12-3-5-13(15)6-4-12/h3-6,14,16H,2,7-11H2,1H3. The van der Waals surface area contributed by atoms with Crippen LogP contribution in [0.3, 0.4) is 0 Å². The van der Waals surface area contributed by atoms with Crippen molar-refractivity contribution in [3.8, 4) is 0 Å². The second-order valence-corrected chi connectivity index (χ2v) is 4.72. The summed E-state index contributed by atoms with van der Waals surface area (Å²) in [5.74, 6) is -0.151. The fourth-order valence-electron chi connectivity index (χ4n) is 2.43. The van der Waals surface area contributed by atoms with E-state index in [-0.39, 0.29) is 5.82 Å². The van der Waals surface area contributed by atoms with Gasteiger partial charge in [-0.3, -0.25) is 0 Å². The number of likely N-dealkylation sites (N-methyl/N-ethyl adjacent to an activating group) is 1. The van der Waals surface area contributed by atoms with Gasteiger partial charge in [0.05, 0.1) is 0 Å². The highest BCUT2D eigenvalue weighted by molar-refractivity contribution is 5.16. The number of halogens is 1. The van der Waals surface area contributed by atoms with Crippen molar-refractivity contribution in [3.05, 3.63) is 35.6 Å². The molecule has 1 aromatic rings. The monoisotopic (exact) mass is 236 g/mol. The van der Waals surface area contributed by atoms with Crippen molar-refractivity contribution >= 4 is 0 Å². The van der Waals surface area contributed by atoms with Crippen LogP contribution in [-0.2, 0) is 6.42 Å². The van der Waals surface area contributed by atoms with E-state index in [9.17, 15) is 4.39 Å². The van der Waals surface area contributed by atoms with Gasteiger partial charge in [0.25, 0.3) is 0 Å². The Labute approximate surface area is 103 Å². The van der Waals surface area contributed by atoms with E-state index in [4.69, 9.17) is 0 Å². The molecule has 1 aromatic carbocycles. The fourth-order valence-corrected chi connectivity index (χ4v) is 2.43.